The summed E-state index contributed by atoms with van der Waals surface area (Å²) in [6.07, 6.45) is 0. The van der Waals surface area contributed by atoms with Crippen LogP contribution in [0.1, 0.15) is 11.1 Å². The molecule has 0 aliphatic rings. The molecule has 0 N–H and O–H groups in total. The summed E-state index contributed by atoms with van der Waals surface area (Å²) in [4.78, 5) is 3.89. The average Bonchev–Trinajstić information content (AvgIpc) is 3.83. The third kappa shape index (κ3) is 4.01. The second kappa shape index (κ2) is 10.7. The van der Waals surface area contributed by atoms with E-state index in [0.29, 0.717) is 16.7 Å². The zero-order valence-corrected chi connectivity index (χ0v) is 26.9. The Kier molecular flexibility index (Phi) is 5.97. The highest BCUT2D eigenvalue weighted by molar-refractivity contribution is 6.17. The van der Waals surface area contributed by atoms with E-state index in [1.54, 1.807) is 6.07 Å². The number of fused-ring (bicyclic) bond motifs is 9. The van der Waals surface area contributed by atoms with Gasteiger partial charge in [-0.2, -0.15) is 10.5 Å². The fourth-order valence-corrected chi connectivity index (χ4v) is 7.82. The van der Waals surface area contributed by atoms with Crippen LogP contribution in [0, 0.1) is 29.2 Å². The maximum atomic E-state index is 10.5. The molecule has 0 spiro atoms. The molecule has 0 amide bonds. The van der Waals surface area contributed by atoms with Crippen LogP contribution >= 0.6 is 0 Å². The van der Waals surface area contributed by atoms with E-state index >= 15 is 0 Å². The molecule has 51 heavy (non-hydrogen) atoms. The molecule has 0 aliphatic heterocycles. The Hall–Kier alpha value is -7.59. The van der Waals surface area contributed by atoms with Crippen LogP contribution < -0.4 is 0 Å². The van der Waals surface area contributed by atoms with Crippen LogP contribution in [0.2, 0.25) is 0 Å². The molecule has 234 valence electrons. The van der Waals surface area contributed by atoms with Crippen LogP contribution in [-0.2, 0) is 0 Å². The first-order valence-corrected chi connectivity index (χ1v) is 16.5. The summed E-state index contributed by atoms with van der Waals surface area (Å²) in [5.41, 5.74) is 9.14. The number of nitriles is 2. The van der Waals surface area contributed by atoms with Crippen molar-refractivity contribution in [2.45, 2.75) is 0 Å². The number of aromatic nitrogens is 2. The van der Waals surface area contributed by atoms with Crippen LogP contribution in [0.5, 0.6) is 0 Å². The number of rotatable bonds is 3. The van der Waals surface area contributed by atoms with Gasteiger partial charge in [0, 0.05) is 43.7 Å². The van der Waals surface area contributed by atoms with Gasteiger partial charge in [-0.3, -0.25) is 0 Å². The molecule has 3 heterocycles. The Bertz CT molecular complexity index is 3190. The smallest absolute Gasteiger partial charge is 0.212 e. The number of nitrogens with zero attached hydrogens (tertiary/aromatic N) is 5. The molecule has 0 saturated carbocycles. The molecule has 0 aliphatic carbocycles. The minimum Gasteiger partial charge on any atom is -0.456 e. The SMILES string of the molecule is [C-]#[N+]c1c(C#N)cc(-n2c3ccccc3c3cc4oc5ccccc5c4cc32)cc1-c1cc(-n2c3ccccc3c3ccccc32)ccc1C#N. The molecule has 0 fully saturated rings. The first-order chi connectivity index (χ1) is 25.2. The summed E-state index contributed by atoms with van der Waals surface area (Å²) in [7, 11) is 0. The van der Waals surface area contributed by atoms with Crippen molar-refractivity contribution in [3.8, 4) is 34.6 Å². The Labute approximate surface area is 291 Å². The van der Waals surface area contributed by atoms with E-state index in [9.17, 15) is 10.5 Å². The predicted molar refractivity (Wildman–Crippen MR) is 204 cm³/mol. The van der Waals surface area contributed by atoms with E-state index in [1.807, 2.05) is 78.9 Å². The molecule has 10 aromatic rings. The van der Waals surface area contributed by atoms with Gasteiger partial charge in [-0.1, -0.05) is 72.8 Å². The summed E-state index contributed by atoms with van der Waals surface area (Å²) in [6, 6.07) is 51.1. The third-order valence-electron chi connectivity index (χ3n) is 10.0. The van der Waals surface area contributed by atoms with Gasteiger partial charge in [0.1, 0.15) is 11.2 Å². The highest BCUT2D eigenvalue weighted by atomic mass is 16.3. The quantitative estimate of drug-likeness (QED) is 0.179. The molecule has 0 atom stereocenters. The fourth-order valence-electron chi connectivity index (χ4n) is 7.82. The second-order valence-corrected chi connectivity index (χ2v) is 12.6. The van der Waals surface area contributed by atoms with E-state index in [2.05, 4.69) is 80.7 Å². The van der Waals surface area contributed by atoms with Crippen molar-refractivity contribution in [1.29, 1.82) is 10.5 Å². The van der Waals surface area contributed by atoms with E-state index in [-0.39, 0.29) is 11.3 Å². The van der Waals surface area contributed by atoms with Crippen LogP contribution in [0.25, 0.3) is 92.9 Å². The molecular formula is C45H23N5O. The maximum Gasteiger partial charge on any atom is 0.212 e. The van der Waals surface area contributed by atoms with Gasteiger partial charge < -0.3 is 13.6 Å². The lowest BCUT2D eigenvalue weighted by atomic mass is 9.95. The number of hydrogen-bond acceptors (Lipinski definition) is 3. The zero-order chi connectivity index (χ0) is 34.2. The summed E-state index contributed by atoms with van der Waals surface area (Å²) in [5, 5.41) is 27.2. The van der Waals surface area contributed by atoms with Crippen molar-refractivity contribution in [1.82, 2.24) is 9.13 Å². The van der Waals surface area contributed by atoms with Gasteiger partial charge in [0.15, 0.2) is 0 Å². The third-order valence-corrected chi connectivity index (χ3v) is 10.0. The lowest BCUT2D eigenvalue weighted by Gasteiger charge is -2.16. The molecule has 3 aromatic heterocycles. The van der Waals surface area contributed by atoms with Gasteiger partial charge >= 0.3 is 0 Å². The van der Waals surface area contributed by atoms with Crippen molar-refractivity contribution < 1.29 is 4.42 Å². The molecule has 0 saturated heterocycles. The first-order valence-electron chi connectivity index (χ1n) is 16.5. The molecule has 6 heteroatoms. The summed E-state index contributed by atoms with van der Waals surface area (Å²) in [6.45, 7) is 8.24. The topological polar surface area (TPSA) is 74.9 Å². The first kappa shape index (κ1) is 28.4. The minimum atomic E-state index is 0.209. The van der Waals surface area contributed by atoms with Gasteiger partial charge in [-0.15, -0.1) is 0 Å². The van der Waals surface area contributed by atoms with E-state index in [1.165, 1.54) is 0 Å². The van der Waals surface area contributed by atoms with Gasteiger partial charge in [0.2, 0.25) is 5.69 Å². The average molecular weight is 650 g/mol. The van der Waals surface area contributed by atoms with E-state index < -0.39 is 0 Å². The summed E-state index contributed by atoms with van der Waals surface area (Å²) >= 11 is 0. The van der Waals surface area contributed by atoms with Crippen molar-refractivity contribution >= 4 is 71.2 Å². The minimum absolute atomic E-state index is 0.209. The molecule has 10 rings (SSSR count). The van der Waals surface area contributed by atoms with Crippen molar-refractivity contribution in [3.05, 3.63) is 162 Å². The van der Waals surface area contributed by atoms with Gasteiger partial charge in [0.05, 0.1) is 51.9 Å². The Morgan fingerprint density at radius 1 is 0.471 bits per heavy atom. The molecule has 6 nitrogen and oxygen atoms in total. The lowest BCUT2D eigenvalue weighted by molar-refractivity contribution is 0.669. The highest BCUT2D eigenvalue weighted by Crippen LogP contribution is 2.43. The lowest BCUT2D eigenvalue weighted by Crippen LogP contribution is -1.99. The molecule has 0 bridgehead atoms. The Balaban J connectivity index is 1.28. The molecule has 0 radical (unpaired) electrons. The standard InChI is InChI=1S/C45H23N5O/c1-48-45-28(26-47)20-30(50-41-16-8-4-12-33(41)36-24-44-37(23-42(36)50)34-13-5-9-17-43(34)51-44)22-38(45)35-21-29(19-18-27(35)25-46)49-39-14-6-2-10-31(39)32-11-3-7-15-40(32)49/h2-24H. The second-order valence-electron chi connectivity index (χ2n) is 12.6. The van der Waals surface area contributed by atoms with Crippen molar-refractivity contribution in [2.75, 3.05) is 0 Å². The van der Waals surface area contributed by atoms with Crippen molar-refractivity contribution in [3.63, 3.8) is 0 Å². The van der Waals surface area contributed by atoms with Gasteiger partial charge in [-0.25, -0.2) is 4.85 Å². The summed E-state index contributed by atoms with van der Waals surface area (Å²) in [5.74, 6) is 0. The molecule has 7 aromatic carbocycles. The largest absolute Gasteiger partial charge is 0.456 e. The predicted octanol–water partition coefficient (Wildman–Crippen LogP) is 11.7. The number of furan rings is 1. The van der Waals surface area contributed by atoms with E-state index in [4.69, 9.17) is 11.0 Å². The maximum absolute atomic E-state index is 10.5. The summed E-state index contributed by atoms with van der Waals surface area (Å²) < 4.78 is 10.6. The van der Waals surface area contributed by atoms with Crippen LogP contribution in [0.3, 0.4) is 0 Å². The molecular weight excluding hydrogens is 627 g/mol. The van der Waals surface area contributed by atoms with Crippen LogP contribution in [-0.4, -0.2) is 9.13 Å². The fraction of sp³-hybridized carbons (Fsp3) is 0. The number of para-hydroxylation sites is 4. The molecule has 0 unspecified atom stereocenters. The monoisotopic (exact) mass is 649 g/mol. The van der Waals surface area contributed by atoms with Crippen LogP contribution in [0.15, 0.2) is 144 Å². The van der Waals surface area contributed by atoms with Gasteiger partial charge in [0.25, 0.3) is 0 Å². The van der Waals surface area contributed by atoms with Crippen molar-refractivity contribution in [2.24, 2.45) is 0 Å². The van der Waals surface area contributed by atoms with Gasteiger partial charge in [-0.05, 0) is 77.9 Å². The number of benzene rings is 7. The Morgan fingerprint density at radius 3 is 1.69 bits per heavy atom. The number of hydrogen-bond donors (Lipinski definition) is 0. The Morgan fingerprint density at radius 2 is 1.04 bits per heavy atom. The zero-order valence-electron chi connectivity index (χ0n) is 26.9. The van der Waals surface area contributed by atoms with Crippen LogP contribution in [0.4, 0.5) is 5.69 Å². The highest BCUT2D eigenvalue weighted by Gasteiger charge is 2.22. The normalized spacial score (nSPS) is 11.5. The van der Waals surface area contributed by atoms with E-state index in [0.717, 1.165) is 76.9 Å².